The van der Waals surface area contributed by atoms with E-state index in [0.717, 1.165) is 17.4 Å². The number of methoxy groups -OCH3 is 2. The third-order valence-electron chi connectivity index (χ3n) is 2.83. The zero-order valence-electron chi connectivity index (χ0n) is 11.8. The highest BCUT2D eigenvalue weighted by molar-refractivity contribution is 6.30. The Morgan fingerprint density at radius 2 is 2.20 bits per heavy atom. The van der Waals surface area contributed by atoms with Crippen molar-refractivity contribution in [2.24, 2.45) is 0 Å². The van der Waals surface area contributed by atoms with Gasteiger partial charge in [0.05, 0.1) is 19.4 Å². The van der Waals surface area contributed by atoms with Crippen LogP contribution in [0, 0.1) is 0 Å². The van der Waals surface area contributed by atoms with Crippen LogP contribution in [0.3, 0.4) is 0 Å². The zero-order valence-corrected chi connectivity index (χ0v) is 12.5. The maximum atomic E-state index is 6.07. The monoisotopic (exact) mass is 295 g/mol. The molecule has 6 heteroatoms. The molecule has 1 atom stereocenters. The van der Waals surface area contributed by atoms with Crippen molar-refractivity contribution in [3.8, 4) is 11.4 Å². The highest BCUT2D eigenvalue weighted by Gasteiger charge is 2.12. The van der Waals surface area contributed by atoms with E-state index in [-0.39, 0.29) is 6.04 Å². The van der Waals surface area contributed by atoms with Gasteiger partial charge in [0.15, 0.2) is 0 Å². The molecule has 2 aromatic rings. The quantitative estimate of drug-likeness (QED) is 0.890. The van der Waals surface area contributed by atoms with Gasteiger partial charge in [0.2, 0.25) is 5.95 Å². The Balaban J connectivity index is 2.34. The second-order valence-corrected chi connectivity index (χ2v) is 4.87. The summed E-state index contributed by atoms with van der Waals surface area (Å²) in [6.07, 6.45) is 3.58. The summed E-state index contributed by atoms with van der Waals surface area (Å²) in [7, 11) is 3.30. The van der Waals surface area contributed by atoms with Gasteiger partial charge in [0, 0.05) is 30.6 Å². The Morgan fingerprint density at radius 3 is 2.90 bits per heavy atom. The molecule has 108 valence electrons. The molecule has 0 aliphatic rings. The van der Waals surface area contributed by atoms with Crippen molar-refractivity contribution < 1.29 is 9.47 Å². The molecule has 5 nitrogen and oxygen atoms in total. The van der Waals surface area contributed by atoms with Gasteiger partial charge in [-0.15, -0.1) is 0 Å². The molecule has 1 unspecified atom stereocenters. The summed E-state index contributed by atoms with van der Waals surface area (Å²) < 4.78 is 12.4. The van der Waals surface area contributed by atoms with Gasteiger partial charge in [0.1, 0.15) is 5.75 Å². The van der Waals surface area contributed by atoms with Crippen molar-refractivity contribution in [2.45, 2.75) is 13.0 Å². The van der Waals surface area contributed by atoms with Crippen LogP contribution in [0.1, 0.15) is 6.92 Å². The molecule has 0 radical (unpaired) electrons. The molecule has 0 bridgehead atoms. The topological polar surface area (TPSA) is 48.3 Å². The highest BCUT2D eigenvalue weighted by Crippen LogP contribution is 2.28. The normalized spacial score (nSPS) is 12.2. The van der Waals surface area contributed by atoms with Crippen molar-refractivity contribution in [2.75, 3.05) is 26.1 Å². The molecule has 0 fully saturated rings. The summed E-state index contributed by atoms with van der Waals surface area (Å²) in [5, 5.41) is 3.93. The lowest BCUT2D eigenvalue weighted by Crippen LogP contribution is -2.22. The number of hydrogen-bond acceptors (Lipinski definition) is 4. The molecule has 20 heavy (non-hydrogen) atoms. The summed E-state index contributed by atoms with van der Waals surface area (Å²) in [6.45, 7) is 2.62. The second kappa shape index (κ2) is 6.63. The predicted octanol–water partition coefficient (Wildman–Crippen LogP) is 2.98. The number of benzene rings is 1. The summed E-state index contributed by atoms with van der Waals surface area (Å²) in [5.74, 6) is 1.45. The van der Waals surface area contributed by atoms with E-state index in [1.54, 1.807) is 26.5 Å². The van der Waals surface area contributed by atoms with E-state index >= 15 is 0 Å². The maximum absolute atomic E-state index is 6.07. The number of hydrogen-bond donors (Lipinski definition) is 1. The molecule has 0 saturated carbocycles. The average molecular weight is 296 g/mol. The van der Waals surface area contributed by atoms with Gasteiger partial charge < -0.3 is 14.8 Å². The number of rotatable bonds is 6. The van der Waals surface area contributed by atoms with Crippen molar-refractivity contribution in [1.82, 2.24) is 9.55 Å². The van der Waals surface area contributed by atoms with Gasteiger partial charge in [0.25, 0.3) is 0 Å². The van der Waals surface area contributed by atoms with Gasteiger partial charge in [-0.25, -0.2) is 4.98 Å². The molecule has 0 aliphatic carbocycles. The predicted molar refractivity (Wildman–Crippen MR) is 80.1 cm³/mol. The third kappa shape index (κ3) is 3.23. The first-order valence-electron chi connectivity index (χ1n) is 6.28. The minimum Gasteiger partial charge on any atom is -0.495 e. The first kappa shape index (κ1) is 14.7. The van der Waals surface area contributed by atoms with E-state index in [2.05, 4.69) is 10.3 Å². The molecule has 0 spiro atoms. The van der Waals surface area contributed by atoms with Crippen LogP contribution in [-0.4, -0.2) is 36.4 Å². The minimum atomic E-state index is 0.145. The fourth-order valence-electron chi connectivity index (χ4n) is 1.97. The number of halogens is 1. The molecule has 0 amide bonds. The number of imidazole rings is 1. The summed E-state index contributed by atoms with van der Waals surface area (Å²) in [5.41, 5.74) is 0.838. The SMILES string of the molecule is COCC(C)Nc1nccn1-c1cc(Cl)ccc1OC. The number of nitrogens with one attached hydrogen (secondary N) is 1. The van der Waals surface area contributed by atoms with Gasteiger partial charge in [-0.2, -0.15) is 0 Å². The Hall–Kier alpha value is -1.72. The molecule has 1 aromatic heterocycles. The number of anilines is 1. The van der Waals surface area contributed by atoms with Gasteiger partial charge in [-0.1, -0.05) is 11.6 Å². The third-order valence-corrected chi connectivity index (χ3v) is 3.07. The largest absolute Gasteiger partial charge is 0.495 e. The van der Waals surface area contributed by atoms with E-state index in [0.29, 0.717) is 11.6 Å². The number of nitrogens with zero attached hydrogens (tertiary/aromatic N) is 2. The van der Waals surface area contributed by atoms with Gasteiger partial charge in [-0.05, 0) is 25.1 Å². The lowest BCUT2D eigenvalue weighted by Gasteiger charge is -2.17. The second-order valence-electron chi connectivity index (χ2n) is 4.44. The Bertz CT molecular complexity index is 571. The van der Waals surface area contributed by atoms with Crippen LogP contribution < -0.4 is 10.1 Å². The smallest absolute Gasteiger partial charge is 0.207 e. The highest BCUT2D eigenvalue weighted by atomic mass is 35.5. The average Bonchev–Trinajstić information content (AvgIpc) is 2.86. The van der Waals surface area contributed by atoms with Crippen LogP contribution in [0.2, 0.25) is 5.02 Å². The van der Waals surface area contributed by atoms with Crippen LogP contribution >= 0.6 is 11.6 Å². The van der Waals surface area contributed by atoms with E-state index < -0.39 is 0 Å². The lowest BCUT2D eigenvalue weighted by molar-refractivity contribution is 0.190. The summed E-state index contributed by atoms with van der Waals surface area (Å²) >= 11 is 6.07. The Kier molecular flexibility index (Phi) is 4.87. The molecule has 0 saturated heterocycles. The van der Waals surface area contributed by atoms with E-state index in [4.69, 9.17) is 21.1 Å². The fraction of sp³-hybridized carbons (Fsp3) is 0.357. The van der Waals surface area contributed by atoms with Crippen LogP contribution in [0.4, 0.5) is 5.95 Å². The van der Waals surface area contributed by atoms with Crippen molar-refractivity contribution >= 4 is 17.5 Å². The van der Waals surface area contributed by atoms with Crippen LogP contribution in [0.5, 0.6) is 5.75 Å². The van der Waals surface area contributed by atoms with Crippen LogP contribution in [0.15, 0.2) is 30.6 Å². The van der Waals surface area contributed by atoms with Crippen molar-refractivity contribution in [3.05, 3.63) is 35.6 Å². The Labute approximate surface area is 123 Å². The van der Waals surface area contributed by atoms with Gasteiger partial charge >= 0.3 is 0 Å². The molecular formula is C14H18ClN3O2. The number of aromatic nitrogens is 2. The van der Waals surface area contributed by atoms with E-state index in [1.165, 1.54) is 0 Å². The standard InChI is InChI=1S/C14H18ClN3O2/c1-10(9-19-2)17-14-16-6-7-18(14)12-8-11(15)4-5-13(12)20-3/h4-8,10H,9H2,1-3H3,(H,16,17). The molecule has 0 aliphatic heterocycles. The molecule has 1 aromatic carbocycles. The van der Waals surface area contributed by atoms with E-state index in [9.17, 15) is 0 Å². The van der Waals surface area contributed by atoms with Gasteiger partial charge in [-0.3, -0.25) is 4.57 Å². The van der Waals surface area contributed by atoms with Crippen molar-refractivity contribution in [1.29, 1.82) is 0 Å². The summed E-state index contributed by atoms with van der Waals surface area (Å²) in [6, 6.07) is 5.61. The number of ether oxygens (including phenoxy) is 2. The minimum absolute atomic E-state index is 0.145. The molecule has 1 N–H and O–H groups in total. The van der Waals surface area contributed by atoms with E-state index in [1.807, 2.05) is 29.8 Å². The van der Waals surface area contributed by atoms with Crippen LogP contribution in [-0.2, 0) is 4.74 Å². The molecule has 1 heterocycles. The molecule has 2 rings (SSSR count). The molecular weight excluding hydrogens is 278 g/mol. The summed E-state index contributed by atoms with van der Waals surface area (Å²) in [4.78, 5) is 4.32. The van der Waals surface area contributed by atoms with Crippen molar-refractivity contribution in [3.63, 3.8) is 0 Å². The Morgan fingerprint density at radius 1 is 1.40 bits per heavy atom. The first-order valence-corrected chi connectivity index (χ1v) is 6.66. The van der Waals surface area contributed by atoms with Crippen LogP contribution in [0.25, 0.3) is 5.69 Å². The fourth-order valence-corrected chi connectivity index (χ4v) is 2.13. The first-order chi connectivity index (χ1) is 9.65. The maximum Gasteiger partial charge on any atom is 0.207 e. The lowest BCUT2D eigenvalue weighted by atomic mass is 10.3. The zero-order chi connectivity index (χ0) is 14.5.